The highest BCUT2D eigenvalue weighted by atomic mass is 19.4. The fourth-order valence-corrected chi connectivity index (χ4v) is 2.74. The average molecular weight is 390 g/mol. The van der Waals surface area contributed by atoms with Crippen molar-refractivity contribution >= 4 is 28.5 Å². The van der Waals surface area contributed by atoms with Gasteiger partial charge >= 0.3 is 12.1 Å². The van der Waals surface area contributed by atoms with Gasteiger partial charge in [0, 0.05) is 22.8 Å². The molecule has 1 aromatic heterocycles. The van der Waals surface area contributed by atoms with Gasteiger partial charge in [0.1, 0.15) is 0 Å². The number of benzene rings is 2. The lowest BCUT2D eigenvalue weighted by Gasteiger charge is -2.14. The Kier molecular flexibility index (Phi) is 5.39. The summed E-state index contributed by atoms with van der Waals surface area (Å²) in [4.78, 5) is 27.3. The van der Waals surface area contributed by atoms with Crippen LogP contribution in [0.4, 0.5) is 18.9 Å². The van der Waals surface area contributed by atoms with Crippen LogP contribution in [0.2, 0.25) is 0 Å². The van der Waals surface area contributed by atoms with E-state index >= 15 is 0 Å². The van der Waals surface area contributed by atoms with Crippen LogP contribution in [0.1, 0.15) is 18.1 Å². The number of H-pyrrole nitrogens is 1. The molecule has 2 N–H and O–H groups in total. The molecule has 1 heterocycles. The SMILES string of the molecule is CC(OC(=O)Cc1c[nH]c2ccccc12)C(=O)Nc1cccc(C(F)(F)F)c1. The number of halogens is 3. The molecule has 8 heteroatoms. The first-order chi connectivity index (χ1) is 13.2. The minimum Gasteiger partial charge on any atom is -0.452 e. The molecule has 0 aliphatic carbocycles. The lowest BCUT2D eigenvalue weighted by molar-refractivity contribution is -0.152. The first-order valence-electron chi connectivity index (χ1n) is 8.46. The van der Waals surface area contributed by atoms with Crippen LogP contribution in [0.3, 0.4) is 0 Å². The molecule has 146 valence electrons. The van der Waals surface area contributed by atoms with Crippen LogP contribution in [0.5, 0.6) is 0 Å². The molecule has 0 aliphatic heterocycles. The van der Waals surface area contributed by atoms with E-state index in [0.717, 1.165) is 28.6 Å². The lowest BCUT2D eigenvalue weighted by Crippen LogP contribution is -2.30. The Morgan fingerprint density at radius 3 is 2.64 bits per heavy atom. The van der Waals surface area contributed by atoms with Gasteiger partial charge in [-0.25, -0.2) is 0 Å². The van der Waals surface area contributed by atoms with Crippen LogP contribution >= 0.6 is 0 Å². The molecule has 0 spiro atoms. The number of nitrogens with one attached hydrogen (secondary N) is 2. The second-order valence-corrected chi connectivity index (χ2v) is 6.24. The zero-order chi connectivity index (χ0) is 20.3. The number of alkyl halides is 3. The van der Waals surface area contributed by atoms with Crippen molar-refractivity contribution in [2.24, 2.45) is 0 Å². The molecule has 2 aromatic carbocycles. The van der Waals surface area contributed by atoms with Crippen molar-refractivity contribution < 1.29 is 27.5 Å². The summed E-state index contributed by atoms with van der Waals surface area (Å²) in [6.07, 6.45) is -4.02. The smallest absolute Gasteiger partial charge is 0.416 e. The summed E-state index contributed by atoms with van der Waals surface area (Å²) in [5.41, 5.74) is 0.695. The molecule has 0 saturated carbocycles. The van der Waals surface area contributed by atoms with E-state index in [0.29, 0.717) is 0 Å². The van der Waals surface area contributed by atoms with Crippen molar-refractivity contribution in [3.05, 3.63) is 65.9 Å². The highest BCUT2D eigenvalue weighted by Crippen LogP contribution is 2.30. The van der Waals surface area contributed by atoms with E-state index in [9.17, 15) is 22.8 Å². The summed E-state index contributed by atoms with van der Waals surface area (Å²) in [6, 6.07) is 11.7. The fraction of sp³-hybridized carbons (Fsp3) is 0.200. The highest BCUT2D eigenvalue weighted by molar-refractivity contribution is 5.95. The first kappa shape index (κ1) is 19.5. The lowest BCUT2D eigenvalue weighted by atomic mass is 10.1. The maximum atomic E-state index is 12.7. The molecular weight excluding hydrogens is 373 g/mol. The number of hydrogen-bond donors (Lipinski definition) is 2. The molecule has 0 saturated heterocycles. The van der Waals surface area contributed by atoms with E-state index in [1.165, 1.54) is 19.1 Å². The molecule has 3 rings (SSSR count). The molecule has 0 bridgehead atoms. The Labute approximate surface area is 158 Å². The third-order valence-corrected chi connectivity index (χ3v) is 4.14. The van der Waals surface area contributed by atoms with Crippen LogP contribution in [-0.4, -0.2) is 23.0 Å². The number of para-hydroxylation sites is 1. The molecule has 3 aromatic rings. The topological polar surface area (TPSA) is 71.2 Å². The fourth-order valence-electron chi connectivity index (χ4n) is 2.74. The number of rotatable bonds is 5. The molecule has 0 radical (unpaired) electrons. The summed E-state index contributed by atoms with van der Waals surface area (Å²) >= 11 is 0. The summed E-state index contributed by atoms with van der Waals surface area (Å²) < 4.78 is 43.3. The van der Waals surface area contributed by atoms with Gasteiger partial charge < -0.3 is 15.0 Å². The Bertz CT molecular complexity index is 1010. The monoisotopic (exact) mass is 390 g/mol. The number of esters is 1. The van der Waals surface area contributed by atoms with Crippen molar-refractivity contribution in [2.75, 3.05) is 5.32 Å². The number of anilines is 1. The quantitative estimate of drug-likeness (QED) is 0.638. The molecule has 1 atom stereocenters. The van der Waals surface area contributed by atoms with Gasteiger partial charge in [0.15, 0.2) is 6.10 Å². The van der Waals surface area contributed by atoms with E-state index < -0.39 is 29.7 Å². The zero-order valence-electron chi connectivity index (χ0n) is 14.8. The molecule has 28 heavy (non-hydrogen) atoms. The van der Waals surface area contributed by atoms with Crippen LogP contribution < -0.4 is 5.32 Å². The van der Waals surface area contributed by atoms with Gasteiger partial charge in [0.05, 0.1) is 12.0 Å². The third kappa shape index (κ3) is 4.51. The number of aromatic nitrogens is 1. The van der Waals surface area contributed by atoms with Crippen LogP contribution in [0, 0.1) is 0 Å². The maximum absolute atomic E-state index is 12.7. The second kappa shape index (κ2) is 7.75. The summed E-state index contributed by atoms with van der Waals surface area (Å²) in [5.74, 6) is -1.33. The van der Waals surface area contributed by atoms with Crippen molar-refractivity contribution in [1.82, 2.24) is 4.98 Å². The Morgan fingerprint density at radius 2 is 1.89 bits per heavy atom. The second-order valence-electron chi connectivity index (χ2n) is 6.24. The number of carbonyl (C=O) groups is 2. The van der Waals surface area contributed by atoms with Crippen LogP contribution in [0.25, 0.3) is 10.9 Å². The molecule has 0 aliphatic rings. The standard InChI is InChI=1S/C20H17F3N2O3/c1-12(19(27)25-15-6-4-5-14(10-15)20(21,22)23)28-18(26)9-13-11-24-17-8-3-2-7-16(13)17/h2-8,10-12,24H,9H2,1H3,(H,25,27). The van der Waals surface area contributed by atoms with E-state index in [1.807, 2.05) is 24.3 Å². The van der Waals surface area contributed by atoms with Crippen LogP contribution in [0.15, 0.2) is 54.7 Å². The third-order valence-electron chi connectivity index (χ3n) is 4.14. The molecule has 0 fully saturated rings. The van der Waals surface area contributed by atoms with E-state index in [-0.39, 0.29) is 12.1 Å². The summed E-state index contributed by atoms with van der Waals surface area (Å²) in [6.45, 7) is 1.36. The Morgan fingerprint density at radius 1 is 1.14 bits per heavy atom. The minimum absolute atomic E-state index is 0.0284. The number of carbonyl (C=O) groups excluding carboxylic acids is 2. The maximum Gasteiger partial charge on any atom is 0.416 e. The van der Waals surface area contributed by atoms with Gasteiger partial charge in [0.2, 0.25) is 0 Å². The van der Waals surface area contributed by atoms with Gasteiger partial charge in [-0.1, -0.05) is 24.3 Å². The Hall–Kier alpha value is -3.29. The summed E-state index contributed by atoms with van der Waals surface area (Å²) in [7, 11) is 0. The van der Waals surface area contributed by atoms with Crippen molar-refractivity contribution in [1.29, 1.82) is 0 Å². The van der Waals surface area contributed by atoms with Gasteiger partial charge in [-0.05, 0) is 36.8 Å². The number of fused-ring (bicyclic) bond motifs is 1. The molecular formula is C20H17F3N2O3. The molecule has 1 unspecified atom stereocenters. The van der Waals surface area contributed by atoms with Crippen molar-refractivity contribution in [3.8, 4) is 0 Å². The largest absolute Gasteiger partial charge is 0.452 e. The van der Waals surface area contributed by atoms with Crippen molar-refractivity contribution in [3.63, 3.8) is 0 Å². The van der Waals surface area contributed by atoms with E-state index in [2.05, 4.69) is 10.3 Å². The highest BCUT2D eigenvalue weighted by Gasteiger charge is 2.30. The van der Waals surface area contributed by atoms with Gasteiger partial charge in [-0.2, -0.15) is 13.2 Å². The van der Waals surface area contributed by atoms with Gasteiger partial charge in [-0.15, -0.1) is 0 Å². The Balaban J connectivity index is 1.60. The molecule has 5 nitrogen and oxygen atoms in total. The molecule has 1 amide bonds. The van der Waals surface area contributed by atoms with Gasteiger partial charge in [-0.3, -0.25) is 9.59 Å². The van der Waals surface area contributed by atoms with Crippen LogP contribution in [-0.2, 0) is 26.9 Å². The number of ether oxygens (including phenoxy) is 1. The first-order valence-corrected chi connectivity index (χ1v) is 8.46. The normalized spacial score (nSPS) is 12.6. The number of aromatic amines is 1. The number of hydrogen-bond acceptors (Lipinski definition) is 3. The van der Waals surface area contributed by atoms with Crippen molar-refractivity contribution in [2.45, 2.75) is 25.6 Å². The average Bonchev–Trinajstić information content (AvgIpc) is 3.04. The predicted octanol–water partition coefficient (Wildman–Crippen LogP) is 4.30. The number of amides is 1. The van der Waals surface area contributed by atoms with Gasteiger partial charge in [0.25, 0.3) is 5.91 Å². The minimum atomic E-state index is -4.52. The van der Waals surface area contributed by atoms with E-state index in [4.69, 9.17) is 4.74 Å². The summed E-state index contributed by atoms with van der Waals surface area (Å²) in [5, 5.41) is 3.20. The zero-order valence-corrected chi connectivity index (χ0v) is 14.8. The van der Waals surface area contributed by atoms with E-state index in [1.54, 1.807) is 6.20 Å². The predicted molar refractivity (Wildman–Crippen MR) is 97.6 cm³/mol.